The number of halogens is 3. The van der Waals surface area contributed by atoms with Crippen LogP contribution in [0.5, 0.6) is 0 Å². The van der Waals surface area contributed by atoms with Crippen LogP contribution in [0.15, 0.2) is 29.6 Å². The average Bonchev–Trinajstić information content (AvgIpc) is 2.97. The molecule has 1 aromatic carbocycles. The highest BCUT2D eigenvalue weighted by atomic mass is 35.5. The van der Waals surface area contributed by atoms with Gasteiger partial charge in [0.05, 0.1) is 17.1 Å². The third-order valence-electron chi connectivity index (χ3n) is 4.09. The second-order valence-corrected chi connectivity index (χ2v) is 6.87. The number of carbonyl (C=O) groups excluding carboxylic acids is 1. The van der Waals surface area contributed by atoms with Gasteiger partial charge in [0.1, 0.15) is 5.82 Å². The molecule has 4 nitrogen and oxygen atoms in total. The third-order valence-corrected chi connectivity index (χ3v) is 4.99. The molecule has 1 amide bonds. The van der Waals surface area contributed by atoms with Gasteiger partial charge >= 0.3 is 0 Å². The Balaban J connectivity index is 0.00000156. The molecule has 25 heavy (non-hydrogen) atoms. The standard InChI is InChI=1S/C17H20FN3OS.2ClH/c18-13-3-1-12(2-4-13)9-16-20-15(11-23-16)10-17(22)21-7-5-14(19)6-8-21;;/h1-4,11,14H,5-10,19H2;2*1H. The zero-order chi connectivity index (χ0) is 16.2. The highest BCUT2D eigenvalue weighted by Gasteiger charge is 2.21. The summed E-state index contributed by atoms with van der Waals surface area (Å²) in [5.74, 6) is -0.115. The first-order chi connectivity index (χ1) is 11.1. The molecule has 0 radical (unpaired) electrons. The van der Waals surface area contributed by atoms with Crippen LogP contribution in [-0.2, 0) is 17.6 Å². The fourth-order valence-corrected chi connectivity index (χ4v) is 3.53. The Hall–Kier alpha value is -1.21. The fourth-order valence-electron chi connectivity index (χ4n) is 2.70. The highest BCUT2D eigenvalue weighted by Crippen LogP contribution is 2.17. The summed E-state index contributed by atoms with van der Waals surface area (Å²) in [4.78, 5) is 18.7. The van der Waals surface area contributed by atoms with Gasteiger partial charge in [0.2, 0.25) is 5.91 Å². The van der Waals surface area contributed by atoms with E-state index in [9.17, 15) is 9.18 Å². The zero-order valence-corrected chi connectivity index (χ0v) is 16.1. The summed E-state index contributed by atoms with van der Waals surface area (Å²) < 4.78 is 12.9. The molecule has 0 aliphatic carbocycles. The van der Waals surface area contributed by atoms with Gasteiger partial charge in [0, 0.05) is 30.9 Å². The Bertz CT molecular complexity index is 673. The van der Waals surface area contributed by atoms with E-state index in [4.69, 9.17) is 5.73 Å². The first-order valence-electron chi connectivity index (χ1n) is 7.81. The van der Waals surface area contributed by atoms with Gasteiger partial charge in [-0.1, -0.05) is 12.1 Å². The largest absolute Gasteiger partial charge is 0.342 e. The summed E-state index contributed by atoms with van der Waals surface area (Å²) in [6.45, 7) is 1.49. The van der Waals surface area contributed by atoms with E-state index in [-0.39, 0.29) is 42.6 Å². The van der Waals surface area contributed by atoms with Gasteiger partial charge < -0.3 is 10.6 Å². The number of likely N-dealkylation sites (tertiary alicyclic amines) is 1. The van der Waals surface area contributed by atoms with Crippen molar-refractivity contribution in [2.75, 3.05) is 13.1 Å². The Kier molecular flexibility index (Phi) is 8.79. The second-order valence-electron chi connectivity index (χ2n) is 5.93. The summed E-state index contributed by atoms with van der Waals surface area (Å²) in [5, 5.41) is 2.88. The number of carbonyl (C=O) groups is 1. The van der Waals surface area contributed by atoms with E-state index in [1.807, 2.05) is 10.3 Å². The number of piperidine rings is 1. The van der Waals surface area contributed by atoms with Crippen LogP contribution in [0.3, 0.4) is 0 Å². The van der Waals surface area contributed by atoms with Gasteiger partial charge in [-0.3, -0.25) is 4.79 Å². The zero-order valence-electron chi connectivity index (χ0n) is 13.7. The normalized spacial score (nSPS) is 14.6. The number of hydrogen-bond acceptors (Lipinski definition) is 4. The maximum Gasteiger partial charge on any atom is 0.228 e. The highest BCUT2D eigenvalue weighted by molar-refractivity contribution is 7.09. The van der Waals surface area contributed by atoms with Crippen LogP contribution >= 0.6 is 36.2 Å². The molecule has 0 saturated carbocycles. The quantitative estimate of drug-likeness (QED) is 0.849. The van der Waals surface area contributed by atoms with Crippen molar-refractivity contribution in [1.82, 2.24) is 9.88 Å². The first kappa shape index (κ1) is 21.8. The van der Waals surface area contributed by atoms with E-state index in [1.54, 1.807) is 23.5 Å². The van der Waals surface area contributed by atoms with Crippen molar-refractivity contribution in [3.8, 4) is 0 Å². The number of aromatic nitrogens is 1. The van der Waals surface area contributed by atoms with Crippen molar-refractivity contribution in [3.05, 3.63) is 51.7 Å². The Morgan fingerprint density at radius 3 is 2.52 bits per heavy atom. The maximum absolute atomic E-state index is 12.9. The van der Waals surface area contributed by atoms with Crippen LogP contribution < -0.4 is 5.73 Å². The van der Waals surface area contributed by atoms with Crippen LogP contribution in [0.25, 0.3) is 0 Å². The molecular weight excluding hydrogens is 384 g/mol. The minimum Gasteiger partial charge on any atom is -0.342 e. The number of benzene rings is 1. The van der Waals surface area contributed by atoms with E-state index in [1.165, 1.54) is 12.1 Å². The number of nitrogens with zero attached hydrogens (tertiary/aromatic N) is 2. The molecule has 0 bridgehead atoms. The summed E-state index contributed by atoms with van der Waals surface area (Å²) in [5.41, 5.74) is 7.69. The molecule has 1 aliphatic rings. The van der Waals surface area contributed by atoms with Crippen molar-refractivity contribution >= 4 is 42.1 Å². The summed E-state index contributed by atoms with van der Waals surface area (Å²) in [6.07, 6.45) is 2.75. The monoisotopic (exact) mass is 405 g/mol. The van der Waals surface area contributed by atoms with Crippen LogP contribution in [0.2, 0.25) is 0 Å². The van der Waals surface area contributed by atoms with E-state index in [0.29, 0.717) is 12.8 Å². The summed E-state index contributed by atoms with van der Waals surface area (Å²) >= 11 is 1.54. The summed E-state index contributed by atoms with van der Waals surface area (Å²) in [7, 11) is 0. The predicted octanol–water partition coefficient (Wildman–Crippen LogP) is 3.21. The Morgan fingerprint density at radius 1 is 1.24 bits per heavy atom. The molecule has 8 heteroatoms. The smallest absolute Gasteiger partial charge is 0.228 e. The molecule has 0 unspecified atom stereocenters. The molecule has 2 aromatic rings. The van der Waals surface area contributed by atoms with Gasteiger partial charge in [-0.25, -0.2) is 9.37 Å². The number of amides is 1. The maximum atomic E-state index is 12.9. The Labute approximate surface area is 163 Å². The fraction of sp³-hybridized carbons (Fsp3) is 0.412. The van der Waals surface area contributed by atoms with E-state index >= 15 is 0 Å². The van der Waals surface area contributed by atoms with Gasteiger partial charge in [0.25, 0.3) is 0 Å². The molecule has 1 saturated heterocycles. The molecule has 2 heterocycles. The third kappa shape index (κ3) is 6.22. The van der Waals surface area contributed by atoms with Crippen molar-refractivity contribution in [3.63, 3.8) is 0 Å². The SMILES string of the molecule is Cl.Cl.NC1CCN(C(=O)Cc2csc(Cc3ccc(F)cc3)n2)CC1. The second kappa shape index (κ2) is 10.1. The molecule has 0 atom stereocenters. The Morgan fingerprint density at radius 2 is 1.88 bits per heavy atom. The lowest BCUT2D eigenvalue weighted by Gasteiger charge is -2.30. The molecule has 2 N–H and O–H groups in total. The first-order valence-corrected chi connectivity index (χ1v) is 8.69. The van der Waals surface area contributed by atoms with Crippen molar-refractivity contribution < 1.29 is 9.18 Å². The number of thiazole rings is 1. The molecule has 1 aromatic heterocycles. The predicted molar refractivity (Wildman–Crippen MR) is 103 cm³/mol. The minimum atomic E-state index is -0.236. The van der Waals surface area contributed by atoms with Crippen LogP contribution in [-0.4, -0.2) is 34.9 Å². The molecule has 0 spiro atoms. The van der Waals surface area contributed by atoms with Crippen molar-refractivity contribution in [1.29, 1.82) is 0 Å². The van der Waals surface area contributed by atoms with Crippen LogP contribution in [0, 0.1) is 5.82 Å². The van der Waals surface area contributed by atoms with Gasteiger partial charge in [-0.15, -0.1) is 36.2 Å². The van der Waals surface area contributed by atoms with Gasteiger partial charge in [0.15, 0.2) is 0 Å². The van der Waals surface area contributed by atoms with E-state index < -0.39 is 0 Å². The number of nitrogens with two attached hydrogens (primary N) is 1. The lowest BCUT2D eigenvalue weighted by molar-refractivity contribution is -0.131. The number of hydrogen-bond donors (Lipinski definition) is 1. The van der Waals surface area contributed by atoms with Crippen molar-refractivity contribution in [2.24, 2.45) is 5.73 Å². The summed E-state index contributed by atoms with van der Waals surface area (Å²) in [6, 6.07) is 6.65. The van der Waals surface area contributed by atoms with E-state index in [0.717, 1.165) is 42.2 Å². The lowest BCUT2D eigenvalue weighted by atomic mass is 10.1. The lowest BCUT2D eigenvalue weighted by Crippen LogP contribution is -2.43. The molecule has 138 valence electrons. The van der Waals surface area contributed by atoms with Gasteiger partial charge in [-0.05, 0) is 30.5 Å². The average molecular weight is 406 g/mol. The number of rotatable bonds is 4. The molecule has 1 aliphatic heterocycles. The van der Waals surface area contributed by atoms with Crippen LogP contribution in [0.4, 0.5) is 4.39 Å². The van der Waals surface area contributed by atoms with Crippen molar-refractivity contribution in [2.45, 2.75) is 31.7 Å². The molecule has 1 fully saturated rings. The van der Waals surface area contributed by atoms with Crippen LogP contribution in [0.1, 0.15) is 29.1 Å². The minimum absolute atomic E-state index is 0. The molecule has 3 rings (SSSR count). The topological polar surface area (TPSA) is 59.2 Å². The molecular formula is C17H22Cl2FN3OS. The van der Waals surface area contributed by atoms with Gasteiger partial charge in [-0.2, -0.15) is 0 Å². The van der Waals surface area contributed by atoms with E-state index in [2.05, 4.69) is 4.98 Å².